The van der Waals surface area contributed by atoms with Gasteiger partial charge in [-0.1, -0.05) is 67.6 Å². The Labute approximate surface area is 280 Å². The van der Waals surface area contributed by atoms with Gasteiger partial charge in [-0.25, -0.2) is 14.8 Å². The Bertz CT molecular complexity index is 1640. The van der Waals surface area contributed by atoms with Crippen LogP contribution >= 0.6 is 0 Å². The van der Waals surface area contributed by atoms with Gasteiger partial charge in [-0.05, 0) is 51.2 Å². The minimum Gasteiger partial charge on any atom is -0.444 e. The topological polar surface area (TPSA) is 155 Å². The molecule has 48 heavy (non-hydrogen) atoms. The number of fused-ring (bicyclic) bond motifs is 1. The first-order valence-corrected chi connectivity index (χ1v) is 16.7. The van der Waals surface area contributed by atoms with Crippen molar-refractivity contribution in [2.24, 2.45) is 0 Å². The summed E-state index contributed by atoms with van der Waals surface area (Å²) >= 11 is 0. The number of carbonyl (C=O) groups excluding carboxylic acids is 1. The first-order valence-electron chi connectivity index (χ1n) is 16.7. The van der Waals surface area contributed by atoms with Gasteiger partial charge in [0.1, 0.15) is 29.4 Å². The molecule has 0 bridgehead atoms. The number of anilines is 1. The predicted octanol–water partition coefficient (Wildman–Crippen LogP) is 4.26. The molecule has 2 fully saturated rings. The highest BCUT2D eigenvalue weighted by molar-refractivity contribution is 5.76. The number of benzene rings is 2. The van der Waals surface area contributed by atoms with Crippen molar-refractivity contribution in [2.45, 2.75) is 95.0 Å². The van der Waals surface area contributed by atoms with Gasteiger partial charge in [-0.3, -0.25) is 4.57 Å². The van der Waals surface area contributed by atoms with E-state index in [4.69, 9.17) is 24.4 Å². The molecule has 2 aromatic carbocycles. The van der Waals surface area contributed by atoms with E-state index in [0.29, 0.717) is 30.2 Å². The smallest absolute Gasteiger partial charge is 0.407 e. The number of hydrogen-bond donors (Lipinski definition) is 4. The largest absolute Gasteiger partial charge is 0.444 e. The zero-order chi connectivity index (χ0) is 34.0. The summed E-state index contributed by atoms with van der Waals surface area (Å²) < 4.78 is 13.0. The fourth-order valence-electron chi connectivity index (χ4n) is 6.76. The molecule has 6 atom stereocenters. The molecule has 2 aromatic heterocycles. The number of aromatic nitrogens is 4. The fourth-order valence-corrected chi connectivity index (χ4v) is 6.76. The molecular weight excluding hydrogens is 612 g/mol. The molecule has 0 spiro atoms. The van der Waals surface area contributed by atoms with Gasteiger partial charge in [-0.2, -0.15) is 4.98 Å². The van der Waals surface area contributed by atoms with E-state index in [1.807, 2.05) is 32.9 Å². The van der Waals surface area contributed by atoms with Crippen LogP contribution in [0.3, 0.4) is 0 Å². The van der Waals surface area contributed by atoms with Crippen LogP contribution in [0.1, 0.15) is 81.8 Å². The molecule has 4 aromatic rings. The number of carbonyl (C=O) groups is 1. The lowest BCUT2D eigenvalue weighted by Crippen LogP contribution is -2.49. The van der Waals surface area contributed by atoms with E-state index in [-0.39, 0.29) is 17.9 Å². The van der Waals surface area contributed by atoms with E-state index in [1.165, 1.54) is 11.1 Å². The Hall–Kier alpha value is -4.10. The minimum atomic E-state index is -1.29. The lowest BCUT2D eigenvalue weighted by Gasteiger charge is -2.34. The third-order valence-corrected chi connectivity index (χ3v) is 9.11. The van der Waals surface area contributed by atoms with Gasteiger partial charge in [0.05, 0.1) is 18.6 Å². The number of piperidine rings is 1. The van der Waals surface area contributed by atoms with Gasteiger partial charge < -0.3 is 35.0 Å². The van der Waals surface area contributed by atoms with Crippen LogP contribution in [0.25, 0.3) is 11.2 Å². The van der Waals surface area contributed by atoms with E-state index in [9.17, 15) is 20.1 Å². The maximum Gasteiger partial charge on any atom is 0.407 e. The molecule has 0 radical (unpaired) electrons. The van der Waals surface area contributed by atoms with Crippen LogP contribution in [0.4, 0.5) is 10.7 Å². The second-order valence-corrected chi connectivity index (χ2v) is 13.9. The summed E-state index contributed by atoms with van der Waals surface area (Å²) in [7, 11) is 0. The van der Waals surface area contributed by atoms with Crippen molar-refractivity contribution in [3.05, 3.63) is 83.8 Å². The Morgan fingerprint density at radius 1 is 1.04 bits per heavy atom. The van der Waals surface area contributed by atoms with Crippen molar-refractivity contribution in [1.29, 1.82) is 0 Å². The summed E-state index contributed by atoms with van der Waals surface area (Å²) in [6.45, 7) is 8.37. The molecule has 2 saturated heterocycles. The maximum atomic E-state index is 12.6. The van der Waals surface area contributed by atoms with E-state index < -0.39 is 42.8 Å². The van der Waals surface area contributed by atoms with E-state index in [2.05, 4.69) is 65.7 Å². The Morgan fingerprint density at radius 3 is 2.31 bits per heavy atom. The van der Waals surface area contributed by atoms with Crippen LogP contribution in [0.2, 0.25) is 0 Å². The molecule has 1 unspecified atom stereocenters. The number of alkyl carbamates (subject to hydrolysis) is 1. The normalized spacial score (nSPS) is 23.8. The maximum absolute atomic E-state index is 12.6. The number of imidazole rings is 1. The molecule has 4 heterocycles. The molecule has 2 aliphatic rings. The minimum absolute atomic E-state index is 0.0753. The molecule has 12 heteroatoms. The summed E-state index contributed by atoms with van der Waals surface area (Å²) in [6.07, 6.45) is -1.08. The quantitative estimate of drug-likeness (QED) is 0.205. The van der Waals surface area contributed by atoms with Crippen LogP contribution in [0.15, 0.2) is 67.0 Å². The van der Waals surface area contributed by atoms with Crippen molar-refractivity contribution in [3.63, 3.8) is 0 Å². The predicted molar refractivity (Wildman–Crippen MR) is 181 cm³/mol. The van der Waals surface area contributed by atoms with Crippen LogP contribution < -0.4 is 10.2 Å². The van der Waals surface area contributed by atoms with Crippen LogP contribution in [0.5, 0.6) is 0 Å². The average molecular weight is 659 g/mol. The van der Waals surface area contributed by atoms with E-state index >= 15 is 0 Å². The number of aliphatic hydroxyl groups is 3. The highest BCUT2D eigenvalue weighted by Gasteiger charge is 2.44. The van der Waals surface area contributed by atoms with Crippen LogP contribution in [0, 0.1) is 0 Å². The molecule has 2 aliphatic heterocycles. The third kappa shape index (κ3) is 7.31. The number of rotatable bonds is 9. The Morgan fingerprint density at radius 2 is 1.71 bits per heavy atom. The molecule has 0 aliphatic carbocycles. The number of nitrogens with zero attached hydrogens (tertiary/aromatic N) is 5. The number of aliphatic hydroxyl groups excluding tert-OH is 3. The highest BCUT2D eigenvalue weighted by atomic mass is 16.6. The molecule has 12 nitrogen and oxygen atoms in total. The lowest BCUT2D eigenvalue weighted by molar-refractivity contribution is -0.0511. The van der Waals surface area contributed by atoms with Gasteiger partial charge in [0.2, 0.25) is 5.95 Å². The van der Waals surface area contributed by atoms with E-state index in [0.717, 1.165) is 25.0 Å². The van der Waals surface area contributed by atoms with Crippen molar-refractivity contribution in [2.75, 3.05) is 24.6 Å². The number of nitrogens with one attached hydrogen (secondary N) is 1. The van der Waals surface area contributed by atoms with Crippen molar-refractivity contribution < 1.29 is 29.6 Å². The summed E-state index contributed by atoms with van der Waals surface area (Å²) in [5.74, 6) is 0.494. The zero-order valence-corrected chi connectivity index (χ0v) is 27.9. The van der Waals surface area contributed by atoms with E-state index in [1.54, 1.807) is 10.9 Å². The second-order valence-electron chi connectivity index (χ2n) is 13.9. The van der Waals surface area contributed by atoms with Crippen molar-refractivity contribution in [1.82, 2.24) is 24.8 Å². The van der Waals surface area contributed by atoms with Crippen LogP contribution in [-0.2, 0) is 9.47 Å². The van der Waals surface area contributed by atoms with Crippen LogP contribution in [-0.4, -0.2) is 90.6 Å². The summed E-state index contributed by atoms with van der Waals surface area (Å²) in [5, 5.41) is 34.2. The van der Waals surface area contributed by atoms with Gasteiger partial charge >= 0.3 is 6.09 Å². The summed E-state index contributed by atoms with van der Waals surface area (Å²) in [6, 6.07) is 20.7. The standard InChI is InChI=1S/C36H46N6O6/c1-22(18-26(23-12-7-5-8-13-23)24-14-9-6-10-15-24)28-29-32(42(21-37-29)33-31(45)30(44)27(20-43)47-33)40-34(39-28)41-17-11-16-25(19-41)38-35(46)48-36(2,3)4/h5-10,12-15,21-22,25-27,30-31,33,43-45H,11,16-20H2,1-4H3,(H,38,46)/t22?,25-,27-,30-,31-,33-/m1/s1. The summed E-state index contributed by atoms with van der Waals surface area (Å²) in [4.78, 5) is 29.5. The molecule has 0 saturated carbocycles. The molecule has 6 rings (SSSR count). The third-order valence-electron chi connectivity index (χ3n) is 9.11. The Balaban J connectivity index is 1.37. The first-order chi connectivity index (χ1) is 23.0. The first kappa shape index (κ1) is 33.8. The number of hydrogen-bond acceptors (Lipinski definition) is 10. The summed E-state index contributed by atoms with van der Waals surface area (Å²) in [5.41, 5.74) is 3.57. The second kappa shape index (κ2) is 14.2. The SMILES string of the molecule is CC(CC(c1ccccc1)c1ccccc1)c1nc(N2CCC[C@@H](NC(=O)OC(C)(C)C)C2)nc2c1ncn2[C@@H]1O[C@H](CO)[C@@H](O)[C@H]1O. The van der Waals surface area contributed by atoms with Crippen molar-refractivity contribution >= 4 is 23.2 Å². The Kier molecular flexibility index (Phi) is 9.98. The number of amides is 1. The van der Waals surface area contributed by atoms with Gasteiger partial charge in [0.15, 0.2) is 11.9 Å². The average Bonchev–Trinajstić information content (AvgIpc) is 3.62. The fraction of sp³-hybridized carbons (Fsp3) is 0.500. The van der Waals surface area contributed by atoms with Gasteiger partial charge in [0.25, 0.3) is 0 Å². The highest BCUT2D eigenvalue weighted by Crippen LogP contribution is 2.38. The molecule has 1 amide bonds. The monoisotopic (exact) mass is 658 g/mol. The zero-order valence-electron chi connectivity index (χ0n) is 27.9. The molecule has 256 valence electrons. The lowest BCUT2D eigenvalue weighted by atomic mass is 9.83. The molecule has 4 N–H and O–H groups in total. The van der Waals surface area contributed by atoms with Gasteiger partial charge in [0, 0.05) is 31.0 Å². The molecular formula is C36H46N6O6. The van der Waals surface area contributed by atoms with Gasteiger partial charge in [-0.15, -0.1) is 0 Å². The van der Waals surface area contributed by atoms with Crippen molar-refractivity contribution in [3.8, 4) is 0 Å². The number of ether oxygens (including phenoxy) is 2.